The first-order valence-electron chi connectivity index (χ1n) is 5.72. The van der Waals surface area contributed by atoms with Gasteiger partial charge in [-0.05, 0) is 0 Å². The van der Waals surface area contributed by atoms with Gasteiger partial charge in [-0.3, -0.25) is 4.79 Å². The number of rotatable bonds is 3. The molecule has 1 amide bonds. The summed E-state index contributed by atoms with van der Waals surface area (Å²) in [5.41, 5.74) is -1.52. The highest BCUT2D eigenvalue weighted by atomic mass is 35.5. The lowest BCUT2D eigenvalue weighted by Crippen LogP contribution is -2.18. The monoisotopic (exact) mass is 368 g/mol. The minimum Gasteiger partial charge on any atom is -0.344 e. The van der Waals surface area contributed by atoms with E-state index in [9.17, 15) is 26.4 Å². The molecular formula is C11H8ClF3N4O3S. The third kappa shape index (κ3) is 3.16. The Kier molecular flexibility index (Phi) is 4.37. The second-order valence-electron chi connectivity index (χ2n) is 4.35. The van der Waals surface area contributed by atoms with Gasteiger partial charge in [0.15, 0.2) is 5.82 Å². The maximum atomic E-state index is 13.5. The number of hydrogen-bond acceptors (Lipinski definition) is 4. The first kappa shape index (κ1) is 17.2. The van der Waals surface area contributed by atoms with Crippen LogP contribution in [0.25, 0.3) is 0 Å². The van der Waals surface area contributed by atoms with Crippen LogP contribution >= 0.6 is 11.6 Å². The Hall–Kier alpha value is -2.11. The van der Waals surface area contributed by atoms with Crippen LogP contribution in [0.5, 0.6) is 0 Å². The zero-order valence-corrected chi connectivity index (χ0v) is 12.8. The van der Waals surface area contributed by atoms with E-state index in [1.165, 1.54) is 7.05 Å². The highest BCUT2D eigenvalue weighted by Crippen LogP contribution is 2.28. The summed E-state index contributed by atoms with van der Waals surface area (Å²) in [6.07, 6.45) is 1.32. The normalized spacial score (nSPS) is 11.6. The van der Waals surface area contributed by atoms with Gasteiger partial charge in [-0.25, -0.2) is 22.9 Å². The quantitative estimate of drug-likeness (QED) is 0.798. The van der Waals surface area contributed by atoms with Gasteiger partial charge < -0.3 is 9.88 Å². The first-order chi connectivity index (χ1) is 10.5. The van der Waals surface area contributed by atoms with Crippen molar-refractivity contribution in [2.24, 2.45) is 12.2 Å². The molecule has 0 aromatic carbocycles. The number of anilines is 1. The van der Waals surface area contributed by atoms with E-state index >= 15 is 0 Å². The van der Waals surface area contributed by atoms with Crippen molar-refractivity contribution in [3.05, 3.63) is 40.7 Å². The number of primary sulfonamides is 1. The predicted molar refractivity (Wildman–Crippen MR) is 73.9 cm³/mol. The van der Waals surface area contributed by atoms with Gasteiger partial charge in [0.25, 0.3) is 11.9 Å². The van der Waals surface area contributed by atoms with Crippen LogP contribution in [0.4, 0.5) is 18.9 Å². The van der Waals surface area contributed by atoms with Crippen LogP contribution < -0.4 is 10.5 Å². The Morgan fingerprint density at radius 2 is 2.00 bits per heavy atom. The highest BCUT2D eigenvalue weighted by molar-refractivity contribution is 7.89. The van der Waals surface area contributed by atoms with E-state index in [1.54, 1.807) is 5.32 Å². The average molecular weight is 369 g/mol. The number of amides is 1. The number of halogens is 4. The van der Waals surface area contributed by atoms with Crippen molar-refractivity contribution in [2.75, 3.05) is 5.32 Å². The van der Waals surface area contributed by atoms with Crippen molar-refractivity contribution in [2.45, 2.75) is 4.90 Å². The molecule has 3 N–H and O–H groups in total. The molecule has 0 aliphatic heterocycles. The van der Waals surface area contributed by atoms with Crippen molar-refractivity contribution >= 4 is 33.2 Å². The highest BCUT2D eigenvalue weighted by Gasteiger charge is 2.26. The van der Waals surface area contributed by atoms with Crippen molar-refractivity contribution in [1.29, 1.82) is 0 Å². The predicted octanol–water partition coefficient (Wildman–Crippen LogP) is 1.39. The molecule has 0 atom stereocenters. The molecule has 0 radical (unpaired) electrons. The standard InChI is InChI=1S/C11H8ClF3N4O3S/c1-19-3-5(23(16,21)22)6(12)9(19)11(20)18-8-4(13)2-17-10(15)7(8)14/h2-3H,1H3,(H2,16,21,22)(H,17,18,20). The van der Waals surface area contributed by atoms with Gasteiger partial charge in [0, 0.05) is 13.2 Å². The van der Waals surface area contributed by atoms with Crippen LogP contribution in [0, 0.1) is 17.6 Å². The summed E-state index contributed by atoms with van der Waals surface area (Å²) in [5.74, 6) is -5.83. The van der Waals surface area contributed by atoms with E-state index in [0.717, 1.165) is 10.8 Å². The largest absolute Gasteiger partial charge is 0.344 e. The van der Waals surface area contributed by atoms with Crippen LogP contribution in [0.3, 0.4) is 0 Å². The summed E-state index contributed by atoms with van der Waals surface area (Å²) in [5, 5.41) is 6.16. The molecule has 0 unspecified atom stereocenters. The lowest BCUT2D eigenvalue weighted by molar-refractivity contribution is 0.101. The van der Waals surface area contributed by atoms with Gasteiger partial charge in [0.2, 0.25) is 15.8 Å². The van der Waals surface area contributed by atoms with Crippen LogP contribution in [-0.2, 0) is 17.1 Å². The summed E-state index contributed by atoms with van der Waals surface area (Å²) in [6, 6.07) is 0. The number of nitrogens with two attached hydrogens (primary N) is 1. The van der Waals surface area contributed by atoms with E-state index in [2.05, 4.69) is 4.98 Å². The smallest absolute Gasteiger partial charge is 0.274 e. The fourth-order valence-corrected chi connectivity index (χ4v) is 3.00. The lowest BCUT2D eigenvalue weighted by Gasteiger charge is -2.08. The number of hydrogen-bond donors (Lipinski definition) is 2. The van der Waals surface area contributed by atoms with E-state index < -0.39 is 54.8 Å². The molecule has 2 aromatic heterocycles. The first-order valence-corrected chi connectivity index (χ1v) is 7.65. The molecule has 2 rings (SSSR count). The second kappa shape index (κ2) is 5.83. The Morgan fingerprint density at radius 1 is 1.39 bits per heavy atom. The molecular weight excluding hydrogens is 361 g/mol. The van der Waals surface area contributed by atoms with Gasteiger partial charge in [-0.2, -0.15) is 8.78 Å². The summed E-state index contributed by atoms with van der Waals surface area (Å²) >= 11 is 5.77. The fourth-order valence-electron chi connectivity index (χ4n) is 1.76. The van der Waals surface area contributed by atoms with Gasteiger partial charge in [0.1, 0.15) is 16.3 Å². The number of nitrogens with one attached hydrogen (secondary N) is 1. The fraction of sp³-hybridized carbons (Fsp3) is 0.0909. The molecule has 0 bridgehead atoms. The molecule has 0 spiro atoms. The van der Waals surface area contributed by atoms with Gasteiger partial charge >= 0.3 is 0 Å². The molecule has 0 fully saturated rings. The third-order valence-electron chi connectivity index (χ3n) is 2.78. The lowest BCUT2D eigenvalue weighted by atomic mass is 10.3. The molecule has 124 valence electrons. The Labute approximate surface area is 132 Å². The minimum absolute atomic E-state index is 0.371. The Bertz CT molecular complexity index is 914. The SMILES string of the molecule is Cn1cc(S(N)(=O)=O)c(Cl)c1C(=O)Nc1c(F)cnc(F)c1F. The van der Waals surface area contributed by atoms with Crippen molar-refractivity contribution in [3.63, 3.8) is 0 Å². The van der Waals surface area contributed by atoms with E-state index in [1.807, 2.05) is 0 Å². The average Bonchev–Trinajstić information content (AvgIpc) is 2.74. The number of aryl methyl sites for hydroxylation is 1. The number of carbonyl (C=O) groups excluding carboxylic acids is 1. The third-order valence-corrected chi connectivity index (χ3v) is 4.20. The van der Waals surface area contributed by atoms with E-state index in [-0.39, 0.29) is 0 Å². The van der Waals surface area contributed by atoms with Gasteiger partial charge in [0.05, 0.1) is 11.2 Å². The van der Waals surface area contributed by atoms with Crippen LogP contribution in [0.15, 0.2) is 17.3 Å². The number of pyridine rings is 1. The van der Waals surface area contributed by atoms with Crippen LogP contribution in [0.1, 0.15) is 10.5 Å². The van der Waals surface area contributed by atoms with Crippen LogP contribution in [0.2, 0.25) is 5.02 Å². The molecule has 0 aliphatic rings. The number of aromatic nitrogens is 2. The number of nitrogens with zero attached hydrogens (tertiary/aromatic N) is 2. The molecule has 0 saturated carbocycles. The summed E-state index contributed by atoms with van der Waals surface area (Å²) < 4.78 is 63.6. The molecule has 2 heterocycles. The Morgan fingerprint density at radius 3 is 2.52 bits per heavy atom. The van der Waals surface area contributed by atoms with Crippen molar-refractivity contribution in [3.8, 4) is 0 Å². The zero-order chi connectivity index (χ0) is 17.5. The number of sulfonamides is 1. The van der Waals surface area contributed by atoms with Gasteiger partial charge in [-0.15, -0.1) is 0 Å². The van der Waals surface area contributed by atoms with Gasteiger partial charge in [-0.1, -0.05) is 11.6 Å². The molecule has 2 aromatic rings. The Balaban J connectivity index is 2.48. The second-order valence-corrected chi connectivity index (χ2v) is 6.26. The van der Waals surface area contributed by atoms with Crippen molar-refractivity contribution in [1.82, 2.24) is 9.55 Å². The molecule has 23 heavy (non-hydrogen) atoms. The maximum absolute atomic E-state index is 13.5. The molecule has 0 aliphatic carbocycles. The molecule has 0 saturated heterocycles. The molecule has 7 nitrogen and oxygen atoms in total. The van der Waals surface area contributed by atoms with E-state index in [0.29, 0.717) is 6.20 Å². The topological polar surface area (TPSA) is 107 Å². The van der Waals surface area contributed by atoms with Crippen molar-refractivity contribution < 1.29 is 26.4 Å². The summed E-state index contributed by atoms with van der Waals surface area (Å²) in [4.78, 5) is 14.3. The van der Waals surface area contributed by atoms with E-state index in [4.69, 9.17) is 16.7 Å². The minimum atomic E-state index is -4.22. The molecule has 12 heteroatoms. The zero-order valence-electron chi connectivity index (χ0n) is 11.3. The maximum Gasteiger partial charge on any atom is 0.274 e. The number of carbonyl (C=O) groups is 1. The summed E-state index contributed by atoms with van der Waals surface area (Å²) in [7, 11) is -2.96. The summed E-state index contributed by atoms with van der Waals surface area (Å²) in [6.45, 7) is 0. The van der Waals surface area contributed by atoms with Crippen LogP contribution in [-0.4, -0.2) is 23.9 Å².